The summed E-state index contributed by atoms with van der Waals surface area (Å²) in [5.74, 6) is -2.07. The van der Waals surface area contributed by atoms with Crippen LogP contribution in [0.15, 0.2) is 66.7 Å². The Hall–Kier alpha value is -4.14. The van der Waals surface area contributed by atoms with Crippen LogP contribution in [0.25, 0.3) is 11.1 Å². The number of hydrogen-bond donors (Lipinski definition) is 1. The second-order valence-electron chi connectivity index (χ2n) is 9.27. The number of carboxylic acids is 1. The third kappa shape index (κ3) is 6.79. The molecule has 38 heavy (non-hydrogen) atoms. The van der Waals surface area contributed by atoms with Crippen molar-refractivity contribution in [3.8, 4) is 22.6 Å². The van der Waals surface area contributed by atoms with E-state index in [4.69, 9.17) is 9.47 Å². The van der Waals surface area contributed by atoms with Gasteiger partial charge in [0.1, 0.15) is 18.0 Å². The van der Waals surface area contributed by atoms with Crippen molar-refractivity contribution in [2.45, 2.75) is 19.4 Å². The van der Waals surface area contributed by atoms with Gasteiger partial charge in [0.05, 0.1) is 13.7 Å². The zero-order valence-electron chi connectivity index (χ0n) is 21.1. The topological polar surface area (TPSA) is 79.3 Å². The summed E-state index contributed by atoms with van der Waals surface area (Å²) in [6.07, 6.45) is 1.67. The molecule has 1 atom stereocenters. The molecule has 4 rings (SSSR count). The summed E-state index contributed by atoms with van der Waals surface area (Å²) < 4.78 is 38.5. The summed E-state index contributed by atoms with van der Waals surface area (Å²) in [6.45, 7) is 1.26. The number of carbonyl (C=O) groups excluding carboxylic acids is 1. The highest BCUT2D eigenvalue weighted by Crippen LogP contribution is 2.33. The van der Waals surface area contributed by atoms with Crippen LogP contribution >= 0.6 is 0 Å². The molecule has 0 bridgehead atoms. The summed E-state index contributed by atoms with van der Waals surface area (Å²) in [6, 6.07) is 18.1. The van der Waals surface area contributed by atoms with Crippen LogP contribution in [0.5, 0.6) is 11.5 Å². The number of aliphatic carboxylic acids is 1. The number of urea groups is 1. The number of amides is 2. The van der Waals surface area contributed by atoms with Crippen LogP contribution in [0.2, 0.25) is 0 Å². The minimum atomic E-state index is -1.06. The van der Waals surface area contributed by atoms with Crippen LogP contribution in [-0.2, 0) is 11.3 Å². The maximum Gasteiger partial charge on any atom is 0.323 e. The molecule has 1 unspecified atom stereocenters. The molecule has 1 fully saturated rings. The molecular weight excluding hydrogens is 494 g/mol. The van der Waals surface area contributed by atoms with Crippen LogP contribution in [0, 0.1) is 17.6 Å². The Labute approximate surface area is 220 Å². The Bertz CT molecular complexity index is 1250. The van der Waals surface area contributed by atoms with Gasteiger partial charge in [-0.05, 0) is 42.2 Å². The number of ether oxygens (including phenoxy) is 2. The van der Waals surface area contributed by atoms with Crippen molar-refractivity contribution in [1.82, 2.24) is 9.80 Å². The molecule has 0 radical (unpaired) electrons. The first kappa shape index (κ1) is 26.9. The van der Waals surface area contributed by atoms with E-state index < -0.39 is 17.6 Å². The van der Waals surface area contributed by atoms with E-state index in [1.807, 2.05) is 30.3 Å². The molecule has 0 spiro atoms. The number of nitrogens with zero attached hydrogens (tertiary/aromatic N) is 2. The average molecular weight is 525 g/mol. The zero-order valence-corrected chi connectivity index (χ0v) is 21.1. The molecule has 2 amide bonds. The van der Waals surface area contributed by atoms with E-state index in [1.165, 1.54) is 12.0 Å². The molecule has 3 aromatic rings. The molecule has 3 aromatic carbocycles. The molecule has 0 aliphatic carbocycles. The lowest BCUT2D eigenvalue weighted by Crippen LogP contribution is -2.49. The van der Waals surface area contributed by atoms with Gasteiger partial charge in [-0.15, -0.1) is 0 Å². The van der Waals surface area contributed by atoms with E-state index in [0.29, 0.717) is 36.6 Å². The van der Waals surface area contributed by atoms with Crippen LogP contribution in [0.4, 0.5) is 13.6 Å². The van der Waals surface area contributed by atoms with Crippen molar-refractivity contribution in [1.29, 1.82) is 0 Å². The van der Waals surface area contributed by atoms with Gasteiger partial charge in [0.15, 0.2) is 11.6 Å². The Kier molecular flexibility index (Phi) is 8.78. The fourth-order valence-corrected chi connectivity index (χ4v) is 4.60. The quantitative estimate of drug-likeness (QED) is 0.403. The van der Waals surface area contributed by atoms with Gasteiger partial charge in [-0.2, -0.15) is 0 Å². The van der Waals surface area contributed by atoms with Crippen molar-refractivity contribution >= 4 is 12.0 Å². The Morgan fingerprint density at radius 3 is 2.45 bits per heavy atom. The monoisotopic (exact) mass is 524 g/mol. The Morgan fingerprint density at radius 2 is 1.76 bits per heavy atom. The summed E-state index contributed by atoms with van der Waals surface area (Å²) >= 11 is 0. The number of carboxylic acid groups (broad SMARTS) is 1. The van der Waals surface area contributed by atoms with Gasteiger partial charge in [-0.3, -0.25) is 4.79 Å². The number of halogens is 2. The van der Waals surface area contributed by atoms with Crippen molar-refractivity contribution in [2.24, 2.45) is 5.92 Å². The highest BCUT2D eigenvalue weighted by Gasteiger charge is 2.28. The predicted molar refractivity (Wildman–Crippen MR) is 138 cm³/mol. The molecule has 1 N–H and O–H groups in total. The number of benzene rings is 3. The first-order valence-electron chi connectivity index (χ1n) is 12.4. The van der Waals surface area contributed by atoms with E-state index in [-0.39, 0.29) is 30.8 Å². The van der Waals surface area contributed by atoms with Crippen molar-refractivity contribution in [2.75, 3.05) is 33.4 Å². The summed E-state index contributed by atoms with van der Waals surface area (Å²) in [5.41, 5.74) is 1.95. The van der Waals surface area contributed by atoms with Crippen molar-refractivity contribution in [3.05, 3.63) is 83.9 Å². The molecule has 1 aliphatic heterocycles. The number of carbonyl (C=O) groups is 2. The lowest BCUT2D eigenvalue weighted by atomic mass is 9.99. The SMILES string of the molecule is COc1cc(F)c(F)cc1-c1ccc(OCC2CCCN(C(=O)N(CC(=O)O)Cc3ccccc3)C2)cc1. The molecule has 0 aromatic heterocycles. The van der Waals surface area contributed by atoms with E-state index in [2.05, 4.69) is 0 Å². The number of rotatable bonds is 9. The lowest BCUT2D eigenvalue weighted by molar-refractivity contribution is -0.137. The lowest BCUT2D eigenvalue weighted by Gasteiger charge is -2.36. The van der Waals surface area contributed by atoms with Crippen LogP contribution in [0.3, 0.4) is 0 Å². The second-order valence-corrected chi connectivity index (χ2v) is 9.27. The largest absolute Gasteiger partial charge is 0.496 e. The molecular formula is C29H30F2N2O5. The molecule has 7 nitrogen and oxygen atoms in total. The number of methoxy groups -OCH3 is 1. The number of likely N-dealkylation sites (tertiary alicyclic amines) is 1. The standard InChI is InChI=1S/C29H30F2N2O5/c1-37-27-15-26(31)25(30)14-24(27)22-9-11-23(12-10-22)38-19-21-8-5-13-32(17-21)29(36)33(18-28(34)35)16-20-6-3-2-4-7-20/h2-4,6-7,9-12,14-15,21H,5,8,13,16-19H2,1H3,(H,34,35). The van der Waals surface area contributed by atoms with E-state index in [9.17, 15) is 23.5 Å². The van der Waals surface area contributed by atoms with Gasteiger partial charge < -0.3 is 24.4 Å². The highest BCUT2D eigenvalue weighted by molar-refractivity contribution is 5.80. The van der Waals surface area contributed by atoms with Gasteiger partial charge in [0, 0.05) is 37.2 Å². The maximum atomic E-state index is 13.8. The maximum absolute atomic E-state index is 13.8. The molecule has 1 saturated heterocycles. The molecule has 0 saturated carbocycles. The number of piperidine rings is 1. The second kappa shape index (κ2) is 12.4. The van der Waals surface area contributed by atoms with Crippen molar-refractivity contribution in [3.63, 3.8) is 0 Å². The van der Waals surface area contributed by atoms with Gasteiger partial charge in [-0.25, -0.2) is 13.6 Å². The summed E-state index contributed by atoms with van der Waals surface area (Å²) in [5, 5.41) is 9.34. The first-order valence-corrected chi connectivity index (χ1v) is 12.4. The van der Waals surface area contributed by atoms with E-state index >= 15 is 0 Å². The molecule has 1 heterocycles. The minimum absolute atomic E-state index is 0.0852. The predicted octanol–water partition coefficient (Wildman–Crippen LogP) is 5.44. The summed E-state index contributed by atoms with van der Waals surface area (Å²) in [4.78, 5) is 27.7. The van der Waals surface area contributed by atoms with Gasteiger partial charge >= 0.3 is 12.0 Å². The smallest absolute Gasteiger partial charge is 0.323 e. The number of hydrogen-bond acceptors (Lipinski definition) is 4. The highest BCUT2D eigenvalue weighted by atomic mass is 19.2. The fraction of sp³-hybridized carbons (Fsp3) is 0.310. The normalized spacial score (nSPS) is 15.1. The van der Waals surface area contributed by atoms with Crippen LogP contribution < -0.4 is 9.47 Å². The Morgan fingerprint density at radius 1 is 1.05 bits per heavy atom. The third-order valence-electron chi connectivity index (χ3n) is 6.50. The van der Waals surface area contributed by atoms with Crippen LogP contribution in [-0.4, -0.2) is 60.3 Å². The van der Waals surface area contributed by atoms with Gasteiger partial charge in [-0.1, -0.05) is 42.5 Å². The first-order chi connectivity index (χ1) is 18.3. The fourth-order valence-electron chi connectivity index (χ4n) is 4.60. The zero-order chi connectivity index (χ0) is 27.1. The van der Waals surface area contributed by atoms with E-state index in [0.717, 1.165) is 30.5 Å². The summed E-state index contributed by atoms with van der Waals surface area (Å²) in [7, 11) is 1.40. The molecule has 1 aliphatic rings. The third-order valence-corrected chi connectivity index (χ3v) is 6.50. The van der Waals surface area contributed by atoms with E-state index in [1.54, 1.807) is 29.2 Å². The van der Waals surface area contributed by atoms with Gasteiger partial charge in [0.25, 0.3) is 0 Å². The molecule has 9 heteroatoms. The molecule has 200 valence electrons. The minimum Gasteiger partial charge on any atom is -0.496 e. The Balaban J connectivity index is 1.36. The van der Waals surface area contributed by atoms with Crippen molar-refractivity contribution < 1.29 is 33.0 Å². The van der Waals surface area contributed by atoms with Gasteiger partial charge in [0.2, 0.25) is 0 Å². The van der Waals surface area contributed by atoms with Crippen LogP contribution in [0.1, 0.15) is 18.4 Å². The average Bonchev–Trinajstić information content (AvgIpc) is 2.93.